The molecular weight excluding hydrogens is 418 g/mol. The van der Waals surface area contributed by atoms with Crippen LogP contribution in [0.3, 0.4) is 0 Å². The van der Waals surface area contributed by atoms with Crippen LogP contribution in [0.2, 0.25) is 0 Å². The van der Waals surface area contributed by atoms with Gasteiger partial charge in [-0.1, -0.05) is 91.0 Å². The molecule has 1 aliphatic heterocycles. The third-order valence-electron chi connectivity index (χ3n) is 6.74. The maximum Gasteiger partial charge on any atom is 0.160 e. The summed E-state index contributed by atoms with van der Waals surface area (Å²) in [5.74, 6) is 0.823. The van der Waals surface area contributed by atoms with Crippen LogP contribution in [0.25, 0.3) is 11.2 Å². The molecule has 5 aromatic rings. The Morgan fingerprint density at radius 1 is 0.794 bits per heavy atom. The van der Waals surface area contributed by atoms with Crippen LogP contribution in [0.15, 0.2) is 109 Å². The molecule has 1 saturated heterocycles. The summed E-state index contributed by atoms with van der Waals surface area (Å²) in [6.07, 6.45) is 5.08. The van der Waals surface area contributed by atoms with E-state index in [0.29, 0.717) is 6.04 Å². The zero-order valence-electron chi connectivity index (χ0n) is 18.9. The number of nitrogens with one attached hydrogen (secondary N) is 2. The monoisotopic (exact) mass is 445 g/mol. The van der Waals surface area contributed by atoms with Gasteiger partial charge in [-0.2, -0.15) is 0 Å². The van der Waals surface area contributed by atoms with E-state index >= 15 is 0 Å². The largest absolute Gasteiger partial charge is 0.365 e. The van der Waals surface area contributed by atoms with Gasteiger partial charge in [0.1, 0.15) is 16.9 Å². The molecule has 1 aliphatic rings. The molecular formula is C29H27N5. The molecule has 0 radical (unpaired) electrons. The number of hydrogen-bond acceptors (Lipinski definition) is 4. The first-order valence-electron chi connectivity index (χ1n) is 11.8. The van der Waals surface area contributed by atoms with Crippen LogP contribution >= 0.6 is 0 Å². The number of anilines is 1. The molecule has 0 saturated carbocycles. The summed E-state index contributed by atoms with van der Waals surface area (Å²) in [4.78, 5) is 9.87. The number of rotatable bonds is 6. The van der Waals surface area contributed by atoms with Crippen molar-refractivity contribution in [1.82, 2.24) is 19.9 Å². The Morgan fingerprint density at radius 3 is 1.91 bits per heavy atom. The van der Waals surface area contributed by atoms with Gasteiger partial charge in [0, 0.05) is 18.8 Å². The Bertz CT molecular complexity index is 1280. The van der Waals surface area contributed by atoms with Crippen molar-refractivity contribution >= 4 is 17.0 Å². The Morgan fingerprint density at radius 2 is 1.38 bits per heavy atom. The number of nitrogens with zero attached hydrogens (tertiary/aromatic N) is 3. The van der Waals surface area contributed by atoms with Gasteiger partial charge in [0.15, 0.2) is 5.65 Å². The van der Waals surface area contributed by atoms with Crippen molar-refractivity contribution in [3.8, 4) is 0 Å². The molecule has 0 aliphatic carbocycles. The minimum atomic E-state index is -0.593. The second-order valence-electron chi connectivity index (χ2n) is 8.79. The highest BCUT2D eigenvalue weighted by Crippen LogP contribution is 2.42. The first-order chi connectivity index (χ1) is 16.9. The molecule has 168 valence electrons. The molecule has 1 atom stereocenters. The fourth-order valence-corrected chi connectivity index (χ4v) is 5.19. The second-order valence-corrected chi connectivity index (χ2v) is 8.79. The highest BCUT2D eigenvalue weighted by Gasteiger charge is 2.39. The number of benzene rings is 3. The van der Waals surface area contributed by atoms with E-state index in [1.165, 1.54) is 16.7 Å². The van der Waals surface area contributed by atoms with Gasteiger partial charge in [-0.05, 0) is 35.7 Å². The highest BCUT2D eigenvalue weighted by atomic mass is 15.1. The smallest absolute Gasteiger partial charge is 0.160 e. The standard InChI is InChI=1S/C29H27N5/c1-4-10-22(11-5-1)29(23-12-6-2-7-13-23,24-14-8-3-9-15-24)34-19-17-26-28(34)31-21-27(33-26)32-25-16-18-30-20-25/h1-15,17,19,21,25,30H,16,18,20H2,(H,32,33). The van der Waals surface area contributed by atoms with Crippen LogP contribution in [-0.4, -0.2) is 33.7 Å². The zero-order chi connectivity index (χ0) is 22.8. The minimum Gasteiger partial charge on any atom is -0.365 e. The van der Waals surface area contributed by atoms with Crippen LogP contribution in [-0.2, 0) is 5.54 Å². The Hall–Kier alpha value is -3.96. The molecule has 2 N–H and O–H groups in total. The summed E-state index contributed by atoms with van der Waals surface area (Å²) in [5, 5.41) is 6.92. The van der Waals surface area contributed by atoms with Gasteiger partial charge >= 0.3 is 0 Å². The first-order valence-corrected chi connectivity index (χ1v) is 11.8. The van der Waals surface area contributed by atoms with Crippen LogP contribution < -0.4 is 10.6 Å². The number of aromatic nitrogens is 3. The van der Waals surface area contributed by atoms with Crippen molar-refractivity contribution in [1.29, 1.82) is 0 Å². The number of hydrogen-bond donors (Lipinski definition) is 2. The third-order valence-corrected chi connectivity index (χ3v) is 6.74. The molecule has 1 fully saturated rings. The van der Waals surface area contributed by atoms with Gasteiger partial charge in [-0.3, -0.25) is 0 Å². The van der Waals surface area contributed by atoms with Gasteiger partial charge < -0.3 is 15.2 Å². The number of fused-ring (bicyclic) bond motifs is 1. The predicted octanol–water partition coefficient (Wildman–Crippen LogP) is 5.05. The van der Waals surface area contributed by atoms with Gasteiger partial charge in [-0.15, -0.1) is 0 Å². The normalized spacial score (nSPS) is 16.1. The fraction of sp³-hybridized carbons (Fsp3) is 0.172. The van der Waals surface area contributed by atoms with E-state index in [1.54, 1.807) is 0 Å². The van der Waals surface area contributed by atoms with Crippen molar-refractivity contribution < 1.29 is 0 Å². The van der Waals surface area contributed by atoms with E-state index in [2.05, 4.69) is 118 Å². The molecule has 2 aromatic heterocycles. The molecule has 0 bridgehead atoms. The summed E-state index contributed by atoms with van der Waals surface area (Å²) in [5.41, 5.74) is 4.66. The SMILES string of the molecule is c1ccc(C(c2ccccc2)(c2ccccc2)n2ccc3nc(NC4CCNC4)cnc32)cc1. The van der Waals surface area contributed by atoms with E-state index in [1.807, 2.05) is 6.20 Å². The molecule has 3 heterocycles. The van der Waals surface area contributed by atoms with Crippen molar-refractivity contribution in [3.63, 3.8) is 0 Å². The topological polar surface area (TPSA) is 54.8 Å². The molecule has 0 spiro atoms. The van der Waals surface area contributed by atoms with Crippen LogP contribution in [0.1, 0.15) is 23.1 Å². The third kappa shape index (κ3) is 3.45. The van der Waals surface area contributed by atoms with Crippen LogP contribution in [0, 0.1) is 0 Å². The molecule has 34 heavy (non-hydrogen) atoms. The fourth-order valence-electron chi connectivity index (χ4n) is 5.19. The second kappa shape index (κ2) is 8.76. The summed E-state index contributed by atoms with van der Waals surface area (Å²) in [6.45, 7) is 2.00. The van der Waals surface area contributed by atoms with E-state index in [4.69, 9.17) is 9.97 Å². The molecule has 5 heteroatoms. The average molecular weight is 446 g/mol. The first kappa shape index (κ1) is 20.6. The van der Waals surface area contributed by atoms with Crippen molar-refractivity contribution in [2.24, 2.45) is 0 Å². The summed E-state index contributed by atoms with van der Waals surface area (Å²) in [7, 11) is 0. The Balaban J connectivity index is 1.59. The molecule has 3 aromatic carbocycles. The van der Waals surface area contributed by atoms with Gasteiger partial charge in [0.05, 0.1) is 6.20 Å². The van der Waals surface area contributed by atoms with Gasteiger partial charge in [-0.25, -0.2) is 9.97 Å². The van der Waals surface area contributed by atoms with Gasteiger partial charge in [0.2, 0.25) is 0 Å². The van der Waals surface area contributed by atoms with Crippen LogP contribution in [0.5, 0.6) is 0 Å². The molecule has 1 unspecified atom stereocenters. The maximum atomic E-state index is 4.94. The van der Waals surface area contributed by atoms with Crippen LogP contribution in [0.4, 0.5) is 5.82 Å². The minimum absolute atomic E-state index is 0.394. The summed E-state index contributed by atoms with van der Waals surface area (Å²) in [6, 6.07) is 34.5. The van der Waals surface area contributed by atoms with Gasteiger partial charge in [0.25, 0.3) is 0 Å². The quantitative estimate of drug-likeness (QED) is 0.359. The lowest BCUT2D eigenvalue weighted by Crippen LogP contribution is -2.37. The van der Waals surface area contributed by atoms with E-state index in [-0.39, 0.29) is 0 Å². The lowest BCUT2D eigenvalue weighted by Gasteiger charge is -2.38. The Kier molecular flexibility index (Phi) is 5.32. The maximum absolute atomic E-state index is 4.94. The lowest BCUT2D eigenvalue weighted by molar-refractivity contribution is 0.530. The molecule has 6 rings (SSSR count). The highest BCUT2D eigenvalue weighted by molar-refractivity contribution is 5.75. The Labute approximate surface area is 199 Å². The van der Waals surface area contributed by atoms with E-state index in [0.717, 1.165) is 36.5 Å². The molecule has 5 nitrogen and oxygen atoms in total. The zero-order valence-corrected chi connectivity index (χ0v) is 18.9. The van der Waals surface area contributed by atoms with E-state index in [9.17, 15) is 0 Å². The van der Waals surface area contributed by atoms with E-state index < -0.39 is 5.54 Å². The van der Waals surface area contributed by atoms with Crippen molar-refractivity contribution in [2.45, 2.75) is 18.0 Å². The predicted molar refractivity (Wildman–Crippen MR) is 137 cm³/mol. The lowest BCUT2D eigenvalue weighted by atomic mass is 9.76. The average Bonchev–Trinajstić information content (AvgIpc) is 3.57. The summed E-state index contributed by atoms with van der Waals surface area (Å²) < 4.78 is 2.27. The van der Waals surface area contributed by atoms with Crippen molar-refractivity contribution in [2.75, 3.05) is 18.4 Å². The van der Waals surface area contributed by atoms with Crippen molar-refractivity contribution in [3.05, 3.63) is 126 Å². The molecule has 0 amide bonds. The summed E-state index contributed by atoms with van der Waals surface area (Å²) >= 11 is 0.